The van der Waals surface area contributed by atoms with Gasteiger partial charge in [0.1, 0.15) is 16.2 Å². The van der Waals surface area contributed by atoms with Gasteiger partial charge in [0, 0.05) is 11.6 Å². The third kappa shape index (κ3) is 3.67. The van der Waals surface area contributed by atoms with Crippen molar-refractivity contribution in [2.75, 3.05) is 0 Å². The molecule has 0 amide bonds. The molecule has 0 spiro atoms. The van der Waals surface area contributed by atoms with Crippen LogP contribution in [0.5, 0.6) is 5.75 Å². The van der Waals surface area contributed by atoms with Gasteiger partial charge < -0.3 is 9.72 Å². The molecule has 0 unspecified atom stereocenters. The number of aromatic amines is 1. The van der Waals surface area contributed by atoms with Gasteiger partial charge in [0.15, 0.2) is 0 Å². The average Bonchev–Trinajstić information content (AvgIpc) is 2.38. The van der Waals surface area contributed by atoms with E-state index in [4.69, 9.17) is 17.0 Å². The maximum absolute atomic E-state index is 5.65. The summed E-state index contributed by atoms with van der Waals surface area (Å²) in [6, 6.07) is 9.90. The molecule has 0 atom stereocenters. The summed E-state index contributed by atoms with van der Waals surface area (Å²) in [7, 11) is 0. The van der Waals surface area contributed by atoms with Crippen molar-refractivity contribution < 1.29 is 4.74 Å². The van der Waals surface area contributed by atoms with Crippen molar-refractivity contribution in [3.8, 4) is 17.0 Å². The van der Waals surface area contributed by atoms with E-state index >= 15 is 0 Å². The quantitative estimate of drug-likeness (QED) is 0.827. The highest BCUT2D eigenvalue weighted by Crippen LogP contribution is 2.22. The summed E-state index contributed by atoms with van der Waals surface area (Å²) < 4.78 is 6.26. The van der Waals surface area contributed by atoms with E-state index in [9.17, 15) is 0 Å². The second-order valence-corrected chi connectivity index (χ2v) is 5.78. The number of hydrogen-bond acceptors (Lipinski definition) is 3. The third-order valence-electron chi connectivity index (χ3n) is 2.85. The monoisotopic (exact) mass is 288 g/mol. The smallest absolute Gasteiger partial charge is 0.130 e. The fraction of sp³-hybridized carbons (Fsp3) is 0.375. The highest BCUT2D eigenvalue weighted by molar-refractivity contribution is 7.71. The highest BCUT2D eigenvalue weighted by Gasteiger charge is 2.06. The van der Waals surface area contributed by atoms with Crippen molar-refractivity contribution in [1.29, 1.82) is 0 Å². The number of nitrogens with one attached hydrogen (secondary N) is 1. The highest BCUT2D eigenvalue weighted by atomic mass is 32.1. The van der Waals surface area contributed by atoms with E-state index in [1.54, 1.807) is 0 Å². The van der Waals surface area contributed by atoms with Crippen LogP contribution in [-0.4, -0.2) is 16.1 Å². The third-order valence-corrected chi connectivity index (χ3v) is 3.05. The van der Waals surface area contributed by atoms with Gasteiger partial charge >= 0.3 is 0 Å². The molecular weight excluding hydrogens is 268 g/mol. The molecular formula is C16H20N2OS. The molecule has 3 nitrogen and oxygen atoms in total. The van der Waals surface area contributed by atoms with Crippen LogP contribution in [0.1, 0.15) is 39.4 Å². The van der Waals surface area contributed by atoms with Gasteiger partial charge in [0.05, 0.1) is 6.10 Å². The molecule has 0 aliphatic carbocycles. The summed E-state index contributed by atoms with van der Waals surface area (Å²) >= 11 is 5.23. The largest absolute Gasteiger partial charge is 0.491 e. The molecule has 106 valence electrons. The van der Waals surface area contributed by atoms with Crippen LogP contribution in [0.2, 0.25) is 0 Å². The zero-order valence-corrected chi connectivity index (χ0v) is 13.1. The lowest BCUT2D eigenvalue weighted by Crippen LogP contribution is -2.05. The molecule has 0 fully saturated rings. The molecule has 0 saturated carbocycles. The normalized spacial score (nSPS) is 11.1. The van der Waals surface area contributed by atoms with Crippen molar-refractivity contribution >= 4 is 12.2 Å². The number of ether oxygens (including phenoxy) is 1. The molecule has 0 radical (unpaired) electrons. The molecule has 1 aromatic heterocycles. The van der Waals surface area contributed by atoms with E-state index in [1.807, 2.05) is 44.2 Å². The van der Waals surface area contributed by atoms with E-state index in [2.05, 4.69) is 23.8 Å². The number of nitrogens with zero attached hydrogens (tertiary/aromatic N) is 1. The van der Waals surface area contributed by atoms with E-state index in [1.165, 1.54) is 0 Å². The minimum absolute atomic E-state index is 0.181. The minimum Gasteiger partial charge on any atom is -0.491 e. The van der Waals surface area contributed by atoms with E-state index in [0.29, 0.717) is 10.6 Å². The first kappa shape index (κ1) is 14.7. The maximum Gasteiger partial charge on any atom is 0.130 e. The van der Waals surface area contributed by atoms with Crippen molar-refractivity contribution in [3.05, 3.63) is 40.8 Å². The molecule has 2 rings (SSSR count). The molecule has 4 heteroatoms. The van der Waals surface area contributed by atoms with Crippen molar-refractivity contribution in [2.24, 2.45) is 0 Å². The lowest BCUT2D eigenvalue weighted by molar-refractivity contribution is 0.242. The zero-order valence-electron chi connectivity index (χ0n) is 12.3. The molecule has 1 heterocycles. The first-order valence-electron chi connectivity index (χ1n) is 6.84. The standard InChI is InChI=1S/C16H20N2OS/c1-10(2)16-17-14(9-15(20)18-16)12-5-7-13(8-6-12)19-11(3)4/h5-11H,1-4H3,(H,17,18,20). The van der Waals surface area contributed by atoms with Crippen LogP contribution >= 0.6 is 12.2 Å². The predicted octanol–water partition coefficient (Wildman–Crippen LogP) is 4.72. The molecule has 1 N–H and O–H groups in total. The fourth-order valence-corrected chi connectivity index (χ4v) is 2.11. The SMILES string of the molecule is CC(C)Oc1ccc(-c2cc(=S)nc(C(C)C)[nH]2)cc1. The number of aromatic nitrogens is 2. The van der Waals surface area contributed by atoms with Crippen molar-refractivity contribution in [3.63, 3.8) is 0 Å². The van der Waals surface area contributed by atoms with Crippen LogP contribution in [0.4, 0.5) is 0 Å². The van der Waals surface area contributed by atoms with Gasteiger partial charge in [-0.3, -0.25) is 0 Å². The minimum atomic E-state index is 0.181. The number of hydrogen-bond donors (Lipinski definition) is 1. The molecule has 1 aromatic carbocycles. The Balaban J connectivity index is 2.34. The van der Waals surface area contributed by atoms with Gasteiger partial charge in [-0.05, 0) is 49.7 Å². The fourth-order valence-electron chi connectivity index (χ4n) is 1.89. The first-order chi connectivity index (χ1) is 9.45. The molecule has 0 aliphatic heterocycles. The van der Waals surface area contributed by atoms with Crippen LogP contribution < -0.4 is 4.74 Å². The Hall–Kier alpha value is -1.68. The molecule has 0 bridgehead atoms. The lowest BCUT2D eigenvalue weighted by atomic mass is 10.1. The molecule has 0 aliphatic rings. The topological polar surface area (TPSA) is 37.9 Å². The van der Waals surface area contributed by atoms with Gasteiger partial charge in [-0.2, -0.15) is 0 Å². The maximum atomic E-state index is 5.65. The number of H-pyrrole nitrogens is 1. The van der Waals surface area contributed by atoms with Crippen LogP contribution in [0.25, 0.3) is 11.3 Å². The number of rotatable bonds is 4. The second-order valence-electron chi connectivity index (χ2n) is 5.36. The summed E-state index contributed by atoms with van der Waals surface area (Å²) in [5.41, 5.74) is 2.07. The predicted molar refractivity (Wildman–Crippen MR) is 84.7 cm³/mol. The van der Waals surface area contributed by atoms with E-state index in [-0.39, 0.29) is 6.10 Å². The van der Waals surface area contributed by atoms with Crippen LogP contribution in [0.15, 0.2) is 30.3 Å². The Morgan fingerprint density at radius 2 is 1.75 bits per heavy atom. The Morgan fingerprint density at radius 1 is 1.10 bits per heavy atom. The van der Waals surface area contributed by atoms with Gasteiger partial charge in [-0.15, -0.1) is 0 Å². The van der Waals surface area contributed by atoms with Gasteiger partial charge in [-0.1, -0.05) is 26.1 Å². The van der Waals surface area contributed by atoms with Gasteiger partial charge in [-0.25, -0.2) is 4.98 Å². The van der Waals surface area contributed by atoms with E-state index in [0.717, 1.165) is 22.8 Å². The number of benzene rings is 1. The molecule has 0 saturated heterocycles. The Kier molecular flexibility index (Phi) is 4.55. The zero-order chi connectivity index (χ0) is 14.7. The van der Waals surface area contributed by atoms with Crippen LogP contribution in [0, 0.1) is 4.64 Å². The summed E-state index contributed by atoms with van der Waals surface area (Å²) in [5, 5.41) is 0. The van der Waals surface area contributed by atoms with Gasteiger partial charge in [0.2, 0.25) is 0 Å². The Bertz CT molecular complexity index is 630. The molecule has 2 aromatic rings. The summed E-state index contributed by atoms with van der Waals surface area (Å²) in [5.74, 6) is 2.11. The average molecular weight is 288 g/mol. The summed E-state index contributed by atoms with van der Waals surface area (Å²) in [6.45, 7) is 8.22. The van der Waals surface area contributed by atoms with Gasteiger partial charge in [0.25, 0.3) is 0 Å². The lowest BCUT2D eigenvalue weighted by Gasteiger charge is -2.11. The van der Waals surface area contributed by atoms with Crippen molar-refractivity contribution in [1.82, 2.24) is 9.97 Å². The summed E-state index contributed by atoms with van der Waals surface area (Å²) in [4.78, 5) is 7.69. The Labute approximate surface area is 125 Å². The first-order valence-corrected chi connectivity index (χ1v) is 7.25. The van der Waals surface area contributed by atoms with E-state index < -0.39 is 0 Å². The van der Waals surface area contributed by atoms with Crippen LogP contribution in [-0.2, 0) is 0 Å². The Morgan fingerprint density at radius 3 is 2.30 bits per heavy atom. The van der Waals surface area contributed by atoms with Crippen molar-refractivity contribution in [2.45, 2.75) is 39.7 Å². The summed E-state index contributed by atoms with van der Waals surface area (Å²) in [6.07, 6.45) is 0.181. The second kappa shape index (κ2) is 6.18. The van der Waals surface area contributed by atoms with Crippen LogP contribution in [0.3, 0.4) is 0 Å². The molecule has 20 heavy (non-hydrogen) atoms.